The van der Waals surface area contributed by atoms with Crippen LogP contribution in [-0.2, 0) is 11.2 Å². The van der Waals surface area contributed by atoms with Gasteiger partial charge in [-0.2, -0.15) is 0 Å². The van der Waals surface area contributed by atoms with E-state index in [1.807, 2.05) is 12.1 Å². The van der Waals surface area contributed by atoms with Gasteiger partial charge in [0.15, 0.2) is 0 Å². The molecule has 6 nitrogen and oxygen atoms in total. The van der Waals surface area contributed by atoms with Crippen molar-refractivity contribution in [2.75, 3.05) is 13.1 Å². The predicted molar refractivity (Wildman–Crippen MR) is 89.8 cm³/mol. The van der Waals surface area contributed by atoms with E-state index in [0.29, 0.717) is 30.5 Å². The van der Waals surface area contributed by atoms with Crippen LogP contribution in [0.15, 0.2) is 28.7 Å². The van der Waals surface area contributed by atoms with Crippen LogP contribution in [0, 0.1) is 0 Å². The summed E-state index contributed by atoms with van der Waals surface area (Å²) in [7, 11) is 0. The van der Waals surface area contributed by atoms with E-state index in [-0.39, 0.29) is 6.42 Å². The van der Waals surface area contributed by atoms with Crippen molar-refractivity contribution in [3.05, 3.63) is 35.7 Å². The summed E-state index contributed by atoms with van der Waals surface area (Å²) in [5.41, 5.74) is 2.30. The molecule has 0 unspecified atom stereocenters. The summed E-state index contributed by atoms with van der Waals surface area (Å²) in [6.07, 6.45) is 4.52. The van der Waals surface area contributed by atoms with Gasteiger partial charge in [-0.1, -0.05) is 12.1 Å². The van der Waals surface area contributed by atoms with E-state index in [0.717, 1.165) is 25.1 Å². The Kier molecular flexibility index (Phi) is 5.59. The molecule has 1 aliphatic heterocycles. The lowest BCUT2D eigenvalue weighted by molar-refractivity contribution is -0.137. The monoisotopic (exact) mass is 329 g/mol. The third-order valence-electron chi connectivity index (χ3n) is 4.47. The van der Waals surface area contributed by atoms with Crippen LogP contribution < -0.4 is 5.32 Å². The summed E-state index contributed by atoms with van der Waals surface area (Å²) in [5, 5.41) is 20.2. The highest BCUT2D eigenvalue weighted by atomic mass is 16.4. The highest BCUT2D eigenvalue weighted by Crippen LogP contribution is 2.27. The van der Waals surface area contributed by atoms with E-state index in [4.69, 9.17) is 9.52 Å². The lowest BCUT2D eigenvalue weighted by atomic mass is 9.90. The van der Waals surface area contributed by atoms with Gasteiger partial charge in [-0.3, -0.25) is 4.79 Å². The fourth-order valence-electron chi connectivity index (χ4n) is 3.08. The zero-order valence-electron chi connectivity index (χ0n) is 13.7. The number of nitrogens with one attached hydrogen (secondary N) is 1. The highest BCUT2D eigenvalue weighted by molar-refractivity contribution is 5.66. The summed E-state index contributed by atoms with van der Waals surface area (Å²) >= 11 is 0. The maximum atomic E-state index is 10.5. The zero-order valence-corrected chi connectivity index (χ0v) is 13.7. The Morgan fingerprint density at radius 1 is 1.17 bits per heavy atom. The normalized spacial score (nSPS) is 15.5. The summed E-state index contributed by atoms with van der Waals surface area (Å²) in [4.78, 5) is 10.5. The first-order valence-electron chi connectivity index (χ1n) is 8.57. The van der Waals surface area contributed by atoms with E-state index in [2.05, 4.69) is 27.6 Å². The summed E-state index contributed by atoms with van der Waals surface area (Å²) in [5.74, 6) is 0.959. The molecule has 0 amide bonds. The third kappa shape index (κ3) is 4.41. The Labute approximate surface area is 141 Å². The number of unbranched alkanes of at least 4 members (excludes halogenated alkanes) is 1. The molecule has 1 aromatic heterocycles. The largest absolute Gasteiger partial charge is 0.481 e. The van der Waals surface area contributed by atoms with Crippen LogP contribution in [0.1, 0.15) is 49.5 Å². The number of benzene rings is 1. The van der Waals surface area contributed by atoms with Crippen LogP contribution in [0.5, 0.6) is 0 Å². The minimum atomic E-state index is -0.768. The molecule has 6 heteroatoms. The molecule has 1 saturated heterocycles. The molecule has 1 fully saturated rings. The van der Waals surface area contributed by atoms with Crippen molar-refractivity contribution in [1.29, 1.82) is 0 Å². The number of nitrogens with zero attached hydrogens (tertiary/aromatic N) is 2. The summed E-state index contributed by atoms with van der Waals surface area (Å²) in [6, 6.07) is 8.39. The Bertz CT molecular complexity index is 660. The van der Waals surface area contributed by atoms with Crippen LogP contribution >= 0.6 is 0 Å². The maximum absolute atomic E-state index is 10.5. The van der Waals surface area contributed by atoms with Crippen molar-refractivity contribution in [2.45, 2.75) is 44.4 Å². The first-order valence-corrected chi connectivity index (χ1v) is 8.57. The molecule has 1 aliphatic rings. The number of rotatable bonds is 7. The van der Waals surface area contributed by atoms with Crippen molar-refractivity contribution < 1.29 is 14.3 Å². The van der Waals surface area contributed by atoms with Gasteiger partial charge in [0.05, 0.1) is 0 Å². The first kappa shape index (κ1) is 16.6. The molecule has 128 valence electrons. The van der Waals surface area contributed by atoms with Gasteiger partial charge in [0.25, 0.3) is 0 Å². The topological polar surface area (TPSA) is 88.2 Å². The van der Waals surface area contributed by atoms with Gasteiger partial charge >= 0.3 is 5.97 Å². The number of hydrogen-bond donors (Lipinski definition) is 2. The van der Waals surface area contributed by atoms with Gasteiger partial charge in [0.1, 0.15) is 0 Å². The fourth-order valence-corrected chi connectivity index (χ4v) is 3.08. The lowest BCUT2D eigenvalue weighted by Crippen LogP contribution is -2.26. The SMILES string of the molecule is O=C(O)CCCCc1nnc(-c2ccc(C3CCNCC3)cc2)o1. The molecule has 0 spiro atoms. The molecule has 0 atom stereocenters. The lowest BCUT2D eigenvalue weighted by Gasteiger charge is -2.22. The minimum Gasteiger partial charge on any atom is -0.481 e. The third-order valence-corrected chi connectivity index (χ3v) is 4.47. The minimum absolute atomic E-state index is 0.180. The van der Waals surface area contributed by atoms with E-state index in [1.165, 1.54) is 18.4 Å². The molecule has 2 heterocycles. The van der Waals surface area contributed by atoms with Gasteiger partial charge in [-0.25, -0.2) is 0 Å². The van der Waals surface area contributed by atoms with Crippen LogP contribution in [0.25, 0.3) is 11.5 Å². The molecule has 0 aliphatic carbocycles. The molecular weight excluding hydrogens is 306 g/mol. The van der Waals surface area contributed by atoms with E-state index in [9.17, 15) is 4.79 Å². The number of aryl methyl sites for hydroxylation is 1. The second-order valence-corrected chi connectivity index (χ2v) is 6.25. The van der Waals surface area contributed by atoms with Gasteiger partial charge in [-0.05, 0) is 62.4 Å². The van der Waals surface area contributed by atoms with Crippen molar-refractivity contribution >= 4 is 5.97 Å². The number of carboxylic acids is 1. The van der Waals surface area contributed by atoms with Crippen molar-refractivity contribution in [3.63, 3.8) is 0 Å². The fraction of sp³-hybridized carbons (Fsp3) is 0.500. The molecule has 2 aromatic rings. The number of aliphatic carboxylic acids is 1. The van der Waals surface area contributed by atoms with Gasteiger partial charge in [-0.15, -0.1) is 10.2 Å². The van der Waals surface area contributed by atoms with Crippen LogP contribution in [0.2, 0.25) is 0 Å². The van der Waals surface area contributed by atoms with Gasteiger partial charge < -0.3 is 14.8 Å². The molecular formula is C18H23N3O3. The van der Waals surface area contributed by atoms with Crippen LogP contribution in [0.3, 0.4) is 0 Å². The average molecular weight is 329 g/mol. The van der Waals surface area contributed by atoms with Crippen LogP contribution in [-0.4, -0.2) is 34.4 Å². The smallest absolute Gasteiger partial charge is 0.303 e. The average Bonchev–Trinajstić information content (AvgIpc) is 3.08. The van der Waals surface area contributed by atoms with E-state index >= 15 is 0 Å². The zero-order chi connectivity index (χ0) is 16.8. The quantitative estimate of drug-likeness (QED) is 0.759. The summed E-state index contributed by atoms with van der Waals surface area (Å²) in [6.45, 7) is 2.17. The number of aromatic nitrogens is 2. The molecule has 0 radical (unpaired) electrons. The van der Waals surface area contributed by atoms with E-state index in [1.54, 1.807) is 0 Å². The second-order valence-electron chi connectivity index (χ2n) is 6.25. The maximum Gasteiger partial charge on any atom is 0.303 e. The highest BCUT2D eigenvalue weighted by Gasteiger charge is 2.15. The summed E-state index contributed by atoms with van der Waals surface area (Å²) < 4.78 is 5.68. The van der Waals surface area contributed by atoms with Crippen molar-refractivity contribution in [3.8, 4) is 11.5 Å². The number of piperidine rings is 1. The number of carboxylic acid groups (broad SMARTS) is 1. The molecule has 0 bridgehead atoms. The first-order chi connectivity index (χ1) is 11.7. The van der Waals surface area contributed by atoms with Gasteiger partial charge in [0, 0.05) is 18.4 Å². The Morgan fingerprint density at radius 3 is 2.62 bits per heavy atom. The standard InChI is InChI=1S/C18H23N3O3/c22-17(23)4-2-1-3-16-20-21-18(24-16)15-7-5-13(6-8-15)14-9-11-19-12-10-14/h5-8,14,19H,1-4,9-12H2,(H,22,23). The predicted octanol–water partition coefficient (Wildman–Crippen LogP) is 3.00. The Hall–Kier alpha value is -2.21. The molecule has 0 saturated carbocycles. The number of carbonyl (C=O) groups is 1. The Balaban J connectivity index is 1.57. The molecule has 3 rings (SSSR count). The molecule has 1 aromatic carbocycles. The van der Waals surface area contributed by atoms with E-state index < -0.39 is 5.97 Å². The van der Waals surface area contributed by atoms with Gasteiger partial charge in [0.2, 0.25) is 11.8 Å². The molecule has 24 heavy (non-hydrogen) atoms. The van der Waals surface area contributed by atoms with Crippen molar-refractivity contribution in [2.24, 2.45) is 0 Å². The van der Waals surface area contributed by atoms with Crippen LogP contribution in [0.4, 0.5) is 0 Å². The van der Waals surface area contributed by atoms with Crippen molar-refractivity contribution in [1.82, 2.24) is 15.5 Å². The Morgan fingerprint density at radius 2 is 1.92 bits per heavy atom. The number of hydrogen-bond acceptors (Lipinski definition) is 5. The molecule has 2 N–H and O–H groups in total. The second kappa shape index (κ2) is 8.06.